The van der Waals surface area contributed by atoms with Crippen LogP contribution in [0.4, 0.5) is 0 Å². The summed E-state index contributed by atoms with van der Waals surface area (Å²) in [7, 11) is 0. The SMILES string of the molecule is C=CC1NC(C)CO1. The van der Waals surface area contributed by atoms with Crippen LogP contribution >= 0.6 is 0 Å². The smallest absolute Gasteiger partial charge is 0.127 e. The molecule has 2 unspecified atom stereocenters. The average Bonchev–Trinajstić information content (AvgIpc) is 2.14. The van der Waals surface area contributed by atoms with Gasteiger partial charge in [-0.05, 0) is 13.0 Å². The molecule has 0 radical (unpaired) electrons. The first-order chi connectivity index (χ1) is 3.83. The summed E-state index contributed by atoms with van der Waals surface area (Å²) < 4.78 is 5.19. The Morgan fingerprint density at radius 2 is 2.62 bits per heavy atom. The van der Waals surface area contributed by atoms with Crippen LogP contribution in [0, 0.1) is 0 Å². The standard InChI is InChI=1S/C6H11NO/c1-3-6-7-5(2)4-8-6/h3,5-7H,1,4H2,2H3. The van der Waals surface area contributed by atoms with Gasteiger partial charge in [-0.3, -0.25) is 5.32 Å². The Bertz CT molecular complexity index is 92.5. The van der Waals surface area contributed by atoms with E-state index < -0.39 is 0 Å². The quantitative estimate of drug-likeness (QED) is 0.500. The Balaban J connectivity index is 2.32. The first-order valence-electron chi connectivity index (χ1n) is 2.83. The van der Waals surface area contributed by atoms with Crippen molar-refractivity contribution in [1.29, 1.82) is 0 Å². The first kappa shape index (κ1) is 5.79. The third kappa shape index (κ3) is 1.08. The lowest BCUT2D eigenvalue weighted by atomic mass is 10.4. The molecule has 0 amide bonds. The van der Waals surface area contributed by atoms with Crippen LogP contribution in [0.3, 0.4) is 0 Å². The van der Waals surface area contributed by atoms with Gasteiger partial charge in [-0.1, -0.05) is 6.58 Å². The second kappa shape index (κ2) is 2.29. The van der Waals surface area contributed by atoms with Gasteiger partial charge in [-0.2, -0.15) is 0 Å². The van der Waals surface area contributed by atoms with Crippen molar-refractivity contribution in [1.82, 2.24) is 5.32 Å². The molecule has 0 aromatic rings. The molecule has 0 spiro atoms. The van der Waals surface area contributed by atoms with Crippen LogP contribution in [0.5, 0.6) is 0 Å². The van der Waals surface area contributed by atoms with E-state index in [2.05, 4.69) is 18.8 Å². The van der Waals surface area contributed by atoms with Gasteiger partial charge in [-0.15, -0.1) is 0 Å². The van der Waals surface area contributed by atoms with E-state index >= 15 is 0 Å². The van der Waals surface area contributed by atoms with Crippen LogP contribution in [0.15, 0.2) is 12.7 Å². The lowest BCUT2D eigenvalue weighted by Gasteiger charge is -2.01. The van der Waals surface area contributed by atoms with Gasteiger partial charge in [-0.25, -0.2) is 0 Å². The average molecular weight is 113 g/mol. The lowest BCUT2D eigenvalue weighted by Crippen LogP contribution is -2.25. The van der Waals surface area contributed by atoms with Crippen LogP contribution < -0.4 is 5.32 Å². The Hall–Kier alpha value is -0.340. The molecule has 1 rings (SSSR count). The molecule has 2 heteroatoms. The van der Waals surface area contributed by atoms with E-state index in [1.807, 2.05) is 0 Å². The first-order valence-corrected chi connectivity index (χ1v) is 2.83. The molecule has 1 aliphatic heterocycles. The zero-order valence-corrected chi connectivity index (χ0v) is 5.05. The molecule has 2 atom stereocenters. The molecule has 0 bridgehead atoms. The van der Waals surface area contributed by atoms with Gasteiger partial charge in [0, 0.05) is 6.04 Å². The summed E-state index contributed by atoms with van der Waals surface area (Å²) in [5.41, 5.74) is 0. The summed E-state index contributed by atoms with van der Waals surface area (Å²) >= 11 is 0. The highest BCUT2D eigenvalue weighted by Crippen LogP contribution is 2.01. The van der Waals surface area contributed by atoms with Gasteiger partial charge in [0.2, 0.25) is 0 Å². The maximum Gasteiger partial charge on any atom is 0.127 e. The predicted molar refractivity (Wildman–Crippen MR) is 32.5 cm³/mol. The summed E-state index contributed by atoms with van der Waals surface area (Å²) in [5, 5.41) is 3.16. The fourth-order valence-corrected chi connectivity index (χ4v) is 0.761. The molecule has 1 N–H and O–H groups in total. The highest BCUT2D eigenvalue weighted by molar-refractivity contribution is 4.84. The Morgan fingerprint density at radius 3 is 2.88 bits per heavy atom. The summed E-state index contributed by atoms with van der Waals surface area (Å²) in [6.45, 7) is 6.48. The van der Waals surface area contributed by atoms with Gasteiger partial charge in [0.1, 0.15) is 6.23 Å². The third-order valence-electron chi connectivity index (χ3n) is 1.19. The van der Waals surface area contributed by atoms with Crippen molar-refractivity contribution < 1.29 is 4.74 Å². The monoisotopic (exact) mass is 113 g/mol. The topological polar surface area (TPSA) is 21.3 Å². The van der Waals surface area contributed by atoms with Crippen LogP contribution in [-0.2, 0) is 4.74 Å². The highest BCUT2D eigenvalue weighted by Gasteiger charge is 2.16. The predicted octanol–water partition coefficient (Wildman–Crippen LogP) is 0.507. The summed E-state index contributed by atoms with van der Waals surface area (Å²) in [4.78, 5) is 0. The van der Waals surface area contributed by atoms with Crippen molar-refractivity contribution in [3.63, 3.8) is 0 Å². The number of hydrogen-bond acceptors (Lipinski definition) is 2. The maximum atomic E-state index is 5.19. The normalized spacial score (nSPS) is 37.6. The number of nitrogens with one attached hydrogen (secondary N) is 1. The van der Waals surface area contributed by atoms with E-state index in [1.165, 1.54) is 0 Å². The lowest BCUT2D eigenvalue weighted by molar-refractivity contribution is 0.136. The summed E-state index contributed by atoms with van der Waals surface area (Å²) in [5.74, 6) is 0. The van der Waals surface area contributed by atoms with E-state index in [4.69, 9.17) is 4.74 Å². The Morgan fingerprint density at radius 1 is 1.88 bits per heavy atom. The number of hydrogen-bond donors (Lipinski definition) is 1. The van der Waals surface area contributed by atoms with E-state index in [-0.39, 0.29) is 6.23 Å². The van der Waals surface area contributed by atoms with E-state index in [1.54, 1.807) is 6.08 Å². The molecule has 1 fully saturated rings. The molecule has 1 aliphatic rings. The summed E-state index contributed by atoms with van der Waals surface area (Å²) in [6, 6.07) is 0.484. The molecular weight excluding hydrogens is 102 g/mol. The molecule has 0 aromatic heterocycles. The van der Waals surface area contributed by atoms with Gasteiger partial charge in [0.05, 0.1) is 6.61 Å². The number of ether oxygens (including phenoxy) is 1. The Labute approximate surface area is 49.5 Å². The molecule has 0 aliphatic carbocycles. The largest absolute Gasteiger partial charge is 0.358 e. The van der Waals surface area contributed by atoms with Gasteiger partial charge < -0.3 is 4.74 Å². The highest BCUT2D eigenvalue weighted by atomic mass is 16.5. The van der Waals surface area contributed by atoms with E-state index in [9.17, 15) is 0 Å². The second-order valence-electron chi connectivity index (χ2n) is 2.06. The maximum absolute atomic E-state index is 5.19. The summed E-state index contributed by atoms with van der Waals surface area (Å²) in [6.07, 6.45) is 1.86. The number of rotatable bonds is 1. The van der Waals surface area contributed by atoms with Crippen molar-refractivity contribution in [3.05, 3.63) is 12.7 Å². The minimum atomic E-state index is 0.0880. The minimum Gasteiger partial charge on any atom is -0.358 e. The molecule has 1 saturated heterocycles. The Kier molecular flexibility index (Phi) is 1.65. The van der Waals surface area contributed by atoms with Crippen molar-refractivity contribution in [3.8, 4) is 0 Å². The minimum absolute atomic E-state index is 0.0880. The van der Waals surface area contributed by atoms with Crippen molar-refractivity contribution in [2.75, 3.05) is 6.61 Å². The molecule has 46 valence electrons. The van der Waals surface area contributed by atoms with Crippen LogP contribution in [-0.4, -0.2) is 18.9 Å². The molecular formula is C6H11NO. The van der Waals surface area contributed by atoms with E-state index in [0.29, 0.717) is 6.04 Å². The molecule has 8 heavy (non-hydrogen) atoms. The molecule has 0 saturated carbocycles. The molecule has 1 heterocycles. The van der Waals surface area contributed by atoms with Gasteiger partial charge >= 0.3 is 0 Å². The second-order valence-corrected chi connectivity index (χ2v) is 2.06. The zero-order valence-electron chi connectivity index (χ0n) is 5.05. The van der Waals surface area contributed by atoms with Crippen molar-refractivity contribution in [2.24, 2.45) is 0 Å². The molecule has 2 nitrogen and oxygen atoms in total. The van der Waals surface area contributed by atoms with Crippen LogP contribution in [0.2, 0.25) is 0 Å². The van der Waals surface area contributed by atoms with Crippen molar-refractivity contribution >= 4 is 0 Å². The fraction of sp³-hybridized carbons (Fsp3) is 0.667. The zero-order chi connectivity index (χ0) is 5.98. The van der Waals surface area contributed by atoms with Crippen molar-refractivity contribution in [2.45, 2.75) is 19.2 Å². The van der Waals surface area contributed by atoms with Gasteiger partial charge in [0.15, 0.2) is 0 Å². The van der Waals surface area contributed by atoms with Crippen LogP contribution in [0.25, 0.3) is 0 Å². The van der Waals surface area contributed by atoms with Crippen LogP contribution in [0.1, 0.15) is 6.92 Å². The van der Waals surface area contributed by atoms with Gasteiger partial charge in [0.25, 0.3) is 0 Å². The molecule has 0 aromatic carbocycles. The third-order valence-corrected chi connectivity index (χ3v) is 1.19. The van der Waals surface area contributed by atoms with E-state index in [0.717, 1.165) is 6.61 Å². The fourth-order valence-electron chi connectivity index (χ4n) is 0.761.